The second kappa shape index (κ2) is 3.55. The summed E-state index contributed by atoms with van der Waals surface area (Å²) in [6, 6.07) is 0. The second-order valence-electron chi connectivity index (χ2n) is 2.05. The van der Waals surface area contributed by atoms with Crippen molar-refractivity contribution in [3.63, 3.8) is 0 Å². The van der Waals surface area contributed by atoms with Crippen LogP contribution < -0.4 is 5.73 Å². The number of rotatable bonds is 1. The van der Waals surface area contributed by atoms with E-state index in [1.807, 2.05) is 0 Å². The Balaban J connectivity index is 4.96. The van der Waals surface area contributed by atoms with Crippen molar-refractivity contribution in [3.8, 4) is 0 Å². The zero-order valence-electron chi connectivity index (χ0n) is 6.54. The fourth-order valence-electron chi connectivity index (χ4n) is 0.491. The predicted molar refractivity (Wildman–Crippen MR) is 37.4 cm³/mol. The maximum Gasteiger partial charge on any atom is 0.431 e. The van der Waals surface area contributed by atoms with Gasteiger partial charge in [-0.1, -0.05) is 0 Å². The zero-order chi connectivity index (χ0) is 9.94. The molecule has 0 spiro atoms. The topological polar surface area (TPSA) is 38.4 Å². The highest BCUT2D eigenvalue weighted by molar-refractivity contribution is 5.92. The van der Waals surface area contributed by atoms with Gasteiger partial charge >= 0.3 is 6.18 Å². The van der Waals surface area contributed by atoms with E-state index >= 15 is 0 Å². The zero-order valence-corrected chi connectivity index (χ0v) is 6.54. The lowest BCUT2D eigenvalue weighted by Crippen LogP contribution is -2.22. The van der Waals surface area contributed by atoms with Gasteiger partial charge in [-0.15, -0.1) is 0 Å². The number of hydrogen-bond donors (Lipinski definition) is 1. The fraction of sp³-hybridized carbons (Fsp3) is 0.500. The molecule has 0 radical (unpaired) electrons. The minimum absolute atomic E-state index is 0.690. The fourth-order valence-corrected chi connectivity index (χ4v) is 0.491. The Labute approximate surface area is 66.8 Å². The van der Waals surface area contributed by atoms with Crippen LogP contribution in [0.15, 0.2) is 16.3 Å². The van der Waals surface area contributed by atoms with Gasteiger partial charge in [0.15, 0.2) is 0 Å². The molecule has 0 aromatic heterocycles. The molecule has 0 aromatic carbocycles. The SMILES string of the molecule is CN=C(F)C(C)=C(N)C(F)(F)F. The van der Waals surface area contributed by atoms with Crippen LogP contribution in [0, 0.1) is 0 Å². The van der Waals surface area contributed by atoms with Crippen LogP contribution >= 0.6 is 0 Å². The molecule has 0 saturated heterocycles. The minimum atomic E-state index is -4.70. The molecule has 0 amide bonds. The predicted octanol–water partition coefficient (Wildman–Crippen LogP) is 1.78. The average Bonchev–Trinajstić information content (AvgIpc) is 1.98. The van der Waals surface area contributed by atoms with Gasteiger partial charge in [0.05, 0.1) is 0 Å². The molecule has 70 valence electrons. The van der Waals surface area contributed by atoms with Gasteiger partial charge in [0.1, 0.15) is 5.70 Å². The largest absolute Gasteiger partial charge is 0.431 e. The Morgan fingerprint density at radius 2 is 1.75 bits per heavy atom. The molecule has 12 heavy (non-hydrogen) atoms. The van der Waals surface area contributed by atoms with Crippen molar-refractivity contribution in [2.45, 2.75) is 13.1 Å². The lowest BCUT2D eigenvalue weighted by Gasteiger charge is -2.08. The average molecular weight is 184 g/mol. The first-order valence-corrected chi connectivity index (χ1v) is 2.97. The van der Waals surface area contributed by atoms with Crippen molar-refractivity contribution >= 4 is 5.97 Å². The third-order valence-electron chi connectivity index (χ3n) is 1.22. The highest BCUT2D eigenvalue weighted by atomic mass is 19.4. The Morgan fingerprint density at radius 1 is 1.33 bits per heavy atom. The van der Waals surface area contributed by atoms with Crippen molar-refractivity contribution in [3.05, 3.63) is 11.3 Å². The molecule has 2 nitrogen and oxygen atoms in total. The third kappa shape index (κ3) is 2.52. The minimum Gasteiger partial charge on any atom is -0.394 e. The summed E-state index contributed by atoms with van der Waals surface area (Å²) in [5.41, 5.74) is 2.46. The molecule has 0 aromatic rings. The van der Waals surface area contributed by atoms with Crippen LogP contribution in [0.4, 0.5) is 17.6 Å². The first-order valence-electron chi connectivity index (χ1n) is 2.97. The lowest BCUT2D eigenvalue weighted by atomic mass is 10.2. The van der Waals surface area contributed by atoms with Gasteiger partial charge in [0, 0.05) is 12.6 Å². The molecule has 0 atom stereocenters. The Morgan fingerprint density at radius 3 is 2.00 bits per heavy atom. The van der Waals surface area contributed by atoms with Gasteiger partial charge in [-0.25, -0.2) is 0 Å². The molecule has 6 heteroatoms. The summed E-state index contributed by atoms with van der Waals surface area (Å²) in [6.45, 7) is 0.922. The van der Waals surface area contributed by atoms with Crippen LogP contribution in [0.1, 0.15) is 6.92 Å². The second-order valence-corrected chi connectivity index (χ2v) is 2.05. The number of hydrogen-bond acceptors (Lipinski definition) is 2. The molecule has 0 fully saturated rings. The molecule has 0 heterocycles. The van der Waals surface area contributed by atoms with E-state index in [-0.39, 0.29) is 0 Å². The van der Waals surface area contributed by atoms with Crippen LogP contribution in [0.2, 0.25) is 0 Å². The van der Waals surface area contributed by atoms with Gasteiger partial charge < -0.3 is 5.73 Å². The summed E-state index contributed by atoms with van der Waals surface area (Å²) in [4.78, 5) is 2.94. The van der Waals surface area contributed by atoms with E-state index < -0.39 is 23.4 Å². The summed E-state index contributed by atoms with van der Waals surface area (Å²) in [5.74, 6) is -1.20. The van der Waals surface area contributed by atoms with E-state index in [4.69, 9.17) is 0 Å². The number of nitrogens with two attached hydrogens (primary N) is 1. The molecular formula is C6H8F4N2. The number of aliphatic imine (C=N–C) groups is 1. The van der Waals surface area contributed by atoms with Crippen LogP contribution in [0.5, 0.6) is 0 Å². The van der Waals surface area contributed by atoms with E-state index in [0.717, 1.165) is 14.0 Å². The molecule has 0 aliphatic heterocycles. The van der Waals surface area contributed by atoms with Crippen LogP contribution in [-0.2, 0) is 0 Å². The lowest BCUT2D eigenvalue weighted by molar-refractivity contribution is -0.0932. The maximum absolute atomic E-state index is 12.4. The van der Waals surface area contributed by atoms with E-state index in [2.05, 4.69) is 10.7 Å². The quantitative estimate of drug-likeness (QED) is 0.489. The van der Waals surface area contributed by atoms with Gasteiger partial charge in [-0.3, -0.25) is 4.99 Å². The van der Waals surface area contributed by atoms with E-state index in [9.17, 15) is 17.6 Å². The van der Waals surface area contributed by atoms with Crippen molar-refractivity contribution < 1.29 is 17.6 Å². The van der Waals surface area contributed by atoms with Gasteiger partial charge in [-0.05, 0) is 6.92 Å². The molecule has 2 N–H and O–H groups in total. The highest BCUT2D eigenvalue weighted by Crippen LogP contribution is 2.24. The molecule has 0 aliphatic rings. The normalized spacial score (nSPS) is 16.0. The molecule has 0 unspecified atom stereocenters. The summed E-state index contributed by atoms with van der Waals surface area (Å²) in [7, 11) is 1.04. The molecule has 0 rings (SSSR count). The standard InChI is InChI=1S/C6H8F4N2/c1-3(5(7)12-2)4(11)6(8,9)10/h11H2,1-2H3. The summed E-state index contributed by atoms with van der Waals surface area (Å²) >= 11 is 0. The summed E-state index contributed by atoms with van der Waals surface area (Å²) in [6.07, 6.45) is -4.70. The van der Waals surface area contributed by atoms with Crippen LogP contribution in [0.25, 0.3) is 0 Å². The van der Waals surface area contributed by atoms with E-state index in [1.54, 1.807) is 0 Å². The Bertz CT molecular complexity index is 226. The van der Waals surface area contributed by atoms with Crippen molar-refractivity contribution in [1.29, 1.82) is 0 Å². The van der Waals surface area contributed by atoms with Crippen molar-refractivity contribution in [2.24, 2.45) is 10.7 Å². The van der Waals surface area contributed by atoms with Crippen LogP contribution in [0.3, 0.4) is 0 Å². The first kappa shape index (κ1) is 10.9. The van der Waals surface area contributed by atoms with E-state index in [1.165, 1.54) is 0 Å². The number of nitrogens with zero attached hydrogens (tertiary/aromatic N) is 1. The maximum atomic E-state index is 12.4. The highest BCUT2D eigenvalue weighted by Gasteiger charge is 2.34. The molecule has 0 bridgehead atoms. The first-order chi connectivity index (χ1) is 5.30. The number of alkyl halides is 3. The smallest absolute Gasteiger partial charge is 0.394 e. The number of allylic oxidation sites excluding steroid dienone is 2. The van der Waals surface area contributed by atoms with Gasteiger partial charge in [0.25, 0.3) is 0 Å². The molecular weight excluding hydrogens is 176 g/mol. The third-order valence-corrected chi connectivity index (χ3v) is 1.22. The Kier molecular flexibility index (Phi) is 3.24. The van der Waals surface area contributed by atoms with Crippen LogP contribution in [-0.4, -0.2) is 19.2 Å². The van der Waals surface area contributed by atoms with Crippen molar-refractivity contribution in [1.82, 2.24) is 0 Å². The Hall–Kier alpha value is -1.07. The van der Waals surface area contributed by atoms with Gasteiger partial charge in [0.2, 0.25) is 5.97 Å². The van der Waals surface area contributed by atoms with E-state index in [0.29, 0.717) is 0 Å². The van der Waals surface area contributed by atoms with Crippen molar-refractivity contribution in [2.75, 3.05) is 7.05 Å². The number of halogens is 4. The summed E-state index contributed by atoms with van der Waals surface area (Å²) in [5, 5.41) is 0. The summed E-state index contributed by atoms with van der Waals surface area (Å²) < 4.78 is 47.8. The monoisotopic (exact) mass is 184 g/mol. The van der Waals surface area contributed by atoms with Gasteiger partial charge in [-0.2, -0.15) is 17.6 Å². The molecule has 0 saturated carbocycles. The molecule has 0 aliphatic carbocycles.